The Morgan fingerprint density at radius 1 is 1.56 bits per heavy atom. The Labute approximate surface area is 94.9 Å². The molecule has 0 aliphatic carbocycles. The van der Waals surface area contributed by atoms with Crippen molar-refractivity contribution >= 4 is 11.7 Å². The number of amides is 2. The molecule has 0 aromatic carbocycles. The molecule has 1 heterocycles. The number of hydrogen-bond acceptors (Lipinski definition) is 3. The molecular weight excluding hydrogens is 206 g/mol. The Bertz CT molecular complexity index is 377. The Kier molecular flexibility index (Phi) is 3.84. The number of rotatable bonds is 3. The molecule has 88 valence electrons. The van der Waals surface area contributed by atoms with E-state index in [1.807, 2.05) is 6.92 Å². The number of nitrogens with zero attached hydrogens (tertiary/aromatic N) is 1. The molecule has 0 saturated heterocycles. The van der Waals surface area contributed by atoms with E-state index in [-0.39, 0.29) is 12.6 Å². The maximum Gasteiger partial charge on any atom is 0.319 e. The van der Waals surface area contributed by atoms with E-state index in [9.17, 15) is 4.79 Å². The zero-order valence-corrected chi connectivity index (χ0v) is 9.74. The molecular formula is C11H17N3O2. The Balaban J connectivity index is 2.59. The number of aliphatic hydroxyl groups excluding tert-OH is 1. The molecule has 0 saturated carbocycles. The number of pyridine rings is 1. The van der Waals surface area contributed by atoms with E-state index in [0.717, 1.165) is 5.69 Å². The van der Waals surface area contributed by atoms with Gasteiger partial charge in [-0.2, -0.15) is 0 Å². The predicted molar refractivity (Wildman–Crippen MR) is 62.3 cm³/mol. The van der Waals surface area contributed by atoms with Crippen LogP contribution in [0.15, 0.2) is 18.3 Å². The molecule has 1 rings (SSSR count). The van der Waals surface area contributed by atoms with E-state index in [0.29, 0.717) is 5.69 Å². The standard InChI is InChI=1S/C11H17N3O2/c1-8-6-9(4-5-12-8)13-10(16)14-11(2,3)7-15/h4-6,15H,7H2,1-3H3,(H2,12,13,14,16). The normalized spacial score (nSPS) is 11.0. The second-order valence-electron chi connectivity index (χ2n) is 4.31. The summed E-state index contributed by atoms with van der Waals surface area (Å²) in [6.45, 7) is 5.21. The quantitative estimate of drug-likeness (QED) is 0.722. The van der Waals surface area contributed by atoms with Gasteiger partial charge in [0.05, 0.1) is 12.1 Å². The minimum Gasteiger partial charge on any atom is -0.394 e. The van der Waals surface area contributed by atoms with Crippen molar-refractivity contribution < 1.29 is 9.90 Å². The number of aliphatic hydroxyl groups is 1. The van der Waals surface area contributed by atoms with E-state index >= 15 is 0 Å². The van der Waals surface area contributed by atoms with E-state index in [1.54, 1.807) is 32.2 Å². The molecule has 16 heavy (non-hydrogen) atoms. The van der Waals surface area contributed by atoms with Gasteiger partial charge in [0.25, 0.3) is 0 Å². The first kappa shape index (κ1) is 12.4. The Morgan fingerprint density at radius 3 is 2.81 bits per heavy atom. The van der Waals surface area contributed by atoms with Crippen molar-refractivity contribution in [2.24, 2.45) is 0 Å². The second kappa shape index (κ2) is 4.94. The number of urea groups is 1. The third-order valence-corrected chi connectivity index (χ3v) is 2.00. The molecule has 2 amide bonds. The smallest absolute Gasteiger partial charge is 0.319 e. The van der Waals surface area contributed by atoms with Gasteiger partial charge in [0, 0.05) is 17.6 Å². The van der Waals surface area contributed by atoms with Crippen molar-refractivity contribution in [2.75, 3.05) is 11.9 Å². The fraction of sp³-hybridized carbons (Fsp3) is 0.455. The van der Waals surface area contributed by atoms with Crippen molar-refractivity contribution in [2.45, 2.75) is 26.3 Å². The Hall–Kier alpha value is -1.62. The van der Waals surface area contributed by atoms with Crippen LogP contribution in [0.1, 0.15) is 19.5 Å². The molecule has 5 nitrogen and oxygen atoms in total. The SMILES string of the molecule is Cc1cc(NC(=O)NC(C)(C)CO)ccn1. The van der Waals surface area contributed by atoms with Crippen molar-refractivity contribution in [3.05, 3.63) is 24.0 Å². The van der Waals surface area contributed by atoms with E-state index < -0.39 is 5.54 Å². The van der Waals surface area contributed by atoms with Crippen molar-refractivity contribution in [1.82, 2.24) is 10.3 Å². The molecule has 0 atom stereocenters. The molecule has 3 N–H and O–H groups in total. The summed E-state index contributed by atoms with van der Waals surface area (Å²) >= 11 is 0. The van der Waals surface area contributed by atoms with Crippen LogP contribution >= 0.6 is 0 Å². The maximum absolute atomic E-state index is 11.5. The van der Waals surface area contributed by atoms with Crippen LogP contribution in [0.2, 0.25) is 0 Å². The first-order chi connectivity index (χ1) is 7.43. The average molecular weight is 223 g/mol. The second-order valence-corrected chi connectivity index (χ2v) is 4.31. The highest BCUT2D eigenvalue weighted by Gasteiger charge is 2.18. The van der Waals surface area contributed by atoms with Crippen molar-refractivity contribution in [3.8, 4) is 0 Å². The van der Waals surface area contributed by atoms with Crippen LogP contribution in [0.25, 0.3) is 0 Å². The van der Waals surface area contributed by atoms with Gasteiger partial charge in [0.15, 0.2) is 0 Å². The third-order valence-electron chi connectivity index (χ3n) is 2.00. The molecule has 1 aromatic rings. The molecule has 5 heteroatoms. The molecule has 0 aliphatic heterocycles. The van der Waals surface area contributed by atoms with Crippen molar-refractivity contribution in [3.63, 3.8) is 0 Å². The number of carbonyl (C=O) groups is 1. The van der Waals surface area contributed by atoms with E-state index in [4.69, 9.17) is 5.11 Å². The highest BCUT2D eigenvalue weighted by Crippen LogP contribution is 2.07. The highest BCUT2D eigenvalue weighted by atomic mass is 16.3. The molecule has 0 unspecified atom stereocenters. The molecule has 1 aromatic heterocycles. The van der Waals surface area contributed by atoms with Gasteiger partial charge in [-0.1, -0.05) is 0 Å². The van der Waals surface area contributed by atoms with Crippen LogP contribution in [0, 0.1) is 6.92 Å². The molecule has 0 aliphatic rings. The van der Waals surface area contributed by atoms with Crippen LogP contribution in [-0.4, -0.2) is 28.3 Å². The summed E-state index contributed by atoms with van der Waals surface area (Å²) in [6.07, 6.45) is 1.63. The lowest BCUT2D eigenvalue weighted by Crippen LogP contribution is -2.48. The molecule has 0 spiro atoms. The van der Waals surface area contributed by atoms with Crippen LogP contribution < -0.4 is 10.6 Å². The fourth-order valence-corrected chi connectivity index (χ4v) is 1.13. The minimum absolute atomic E-state index is 0.115. The van der Waals surface area contributed by atoms with E-state index in [2.05, 4.69) is 15.6 Å². The summed E-state index contributed by atoms with van der Waals surface area (Å²) in [5, 5.41) is 14.3. The number of aryl methyl sites for hydroxylation is 1. The summed E-state index contributed by atoms with van der Waals surface area (Å²) < 4.78 is 0. The first-order valence-electron chi connectivity index (χ1n) is 5.06. The summed E-state index contributed by atoms with van der Waals surface area (Å²) in [5.74, 6) is 0. The summed E-state index contributed by atoms with van der Waals surface area (Å²) in [6, 6.07) is 3.13. The van der Waals surface area contributed by atoms with E-state index in [1.165, 1.54) is 0 Å². The largest absolute Gasteiger partial charge is 0.394 e. The third kappa shape index (κ3) is 3.86. The summed E-state index contributed by atoms with van der Waals surface area (Å²) in [5.41, 5.74) is 0.879. The van der Waals surface area contributed by atoms with Gasteiger partial charge in [0.1, 0.15) is 0 Å². The molecule has 0 fully saturated rings. The van der Waals surface area contributed by atoms with Crippen molar-refractivity contribution in [1.29, 1.82) is 0 Å². The maximum atomic E-state index is 11.5. The monoisotopic (exact) mass is 223 g/mol. The Morgan fingerprint density at radius 2 is 2.25 bits per heavy atom. The highest BCUT2D eigenvalue weighted by molar-refractivity contribution is 5.89. The van der Waals surface area contributed by atoms with Crippen LogP contribution in [0.5, 0.6) is 0 Å². The average Bonchev–Trinajstić information content (AvgIpc) is 2.16. The zero-order chi connectivity index (χ0) is 12.2. The first-order valence-corrected chi connectivity index (χ1v) is 5.06. The number of aromatic nitrogens is 1. The van der Waals surface area contributed by atoms with Crippen LogP contribution in [0.3, 0.4) is 0 Å². The lowest BCUT2D eigenvalue weighted by Gasteiger charge is -2.23. The number of anilines is 1. The van der Waals surface area contributed by atoms with Gasteiger partial charge in [-0.15, -0.1) is 0 Å². The molecule has 0 bridgehead atoms. The van der Waals surface area contributed by atoms with Gasteiger partial charge in [-0.25, -0.2) is 4.79 Å². The van der Waals surface area contributed by atoms with Gasteiger partial charge in [-0.3, -0.25) is 4.98 Å². The van der Waals surface area contributed by atoms with Crippen LogP contribution in [0.4, 0.5) is 10.5 Å². The minimum atomic E-state index is -0.633. The lowest BCUT2D eigenvalue weighted by atomic mass is 10.1. The topological polar surface area (TPSA) is 74.2 Å². The molecule has 0 radical (unpaired) electrons. The van der Waals surface area contributed by atoms with Gasteiger partial charge in [0.2, 0.25) is 0 Å². The summed E-state index contributed by atoms with van der Waals surface area (Å²) in [4.78, 5) is 15.6. The predicted octanol–water partition coefficient (Wildman–Crippen LogP) is 1.28. The summed E-state index contributed by atoms with van der Waals surface area (Å²) in [7, 11) is 0. The zero-order valence-electron chi connectivity index (χ0n) is 9.74. The van der Waals surface area contributed by atoms with Gasteiger partial charge >= 0.3 is 6.03 Å². The number of carbonyl (C=O) groups excluding carboxylic acids is 1. The van der Waals surface area contributed by atoms with Gasteiger partial charge in [-0.05, 0) is 32.9 Å². The van der Waals surface area contributed by atoms with Gasteiger partial charge < -0.3 is 15.7 Å². The lowest BCUT2D eigenvalue weighted by molar-refractivity contribution is 0.187. The number of hydrogen-bond donors (Lipinski definition) is 3. The fourth-order valence-electron chi connectivity index (χ4n) is 1.13. The van der Waals surface area contributed by atoms with Crippen LogP contribution in [-0.2, 0) is 0 Å². The number of nitrogens with one attached hydrogen (secondary N) is 2.